The zero-order chi connectivity index (χ0) is 14.7. The molecule has 0 saturated carbocycles. The van der Waals surface area contributed by atoms with Gasteiger partial charge in [-0.2, -0.15) is 0 Å². The van der Waals surface area contributed by atoms with E-state index in [1.54, 1.807) is 4.90 Å². The van der Waals surface area contributed by atoms with Gasteiger partial charge in [0.05, 0.1) is 0 Å². The van der Waals surface area contributed by atoms with Crippen molar-refractivity contribution < 1.29 is 9.59 Å². The maximum absolute atomic E-state index is 12.5. The second kappa shape index (κ2) is 6.07. The number of carbonyl (C=O) groups excluding carboxylic acids is 2. The highest BCUT2D eigenvalue weighted by Gasteiger charge is 2.30. The third-order valence-corrected chi connectivity index (χ3v) is 3.94. The van der Waals surface area contributed by atoms with Gasteiger partial charge >= 0.3 is 0 Å². The van der Waals surface area contributed by atoms with Crippen molar-refractivity contribution in [3.63, 3.8) is 0 Å². The molecule has 1 aromatic carbocycles. The zero-order valence-corrected chi connectivity index (χ0v) is 12.4. The molecule has 4 heteroatoms. The number of hydrogen-bond donors (Lipinski definition) is 1. The van der Waals surface area contributed by atoms with Crippen LogP contribution >= 0.6 is 0 Å². The van der Waals surface area contributed by atoms with Gasteiger partial charge in [0.1, 0.15) is 6.04 Å². The Bertz CT molecular complexity index is 505. The van der Waals surface area contributed by atoms with E-state index < -0.39 is 0 Å². The highest BCUT2D eigenvalue weighted by molar-refractivity contribution is 5.98. The van der Waals surface area contributed by atoms with Crippen LogP contribution in [0.4, 0.5) is 5.69 Å². The van der Waals surface area contributed by atoms with Crippen LogP contribution in [0.2, 0.25) is 0 Å². The molecule has 0 spiro atoms. The van der Waals surface area contributed by atoms with Gasteiger partial charge in [-0.15, -0.1) is 0 Å². The molecule has 1 aliphatic heterocycles. The molecule has 1 N–H and O–H groups in total. The van der Waals surface area contributed by atoms with E-state index in [4.69, 9.17) is 0 Å². The molecule has 1 saturated heterocycles. The summed E-state index contributed by atoms with van der Waals surface area (Å²) in [7, 11) is 0. The molecule has 1 fully saturated rings. The molecule has 0 bridgehead atoms. The van der Waals surface area contributed by atoms with Crippen molar-refractivity contribution in [1.82, 2.24) is 4.90 Å². The second-order valence-corrected chi connectivity index (χ2v) is 5.48. The number of benzene rings is 1. The molecule has 2 rings (SSSR count). The maximum atomic E-state index is 12.5. The molecular weight excluding hydrogens is 252 g/mol. The Hall–Kier alpha value is -1.84. The highest BCUT2D eigenvalue weighted by Crippen LogP contribution is 2.23. The predicted octanol–water partition coefficient (Wildman–Crippen LogP) is 2.64. The second-order valence-electron chi connectivity index (χ2n) is 5.48. The van der Waals surface area contributed by atoms with Gasteiger partial charge in [-0.3, -0.25) is 9.59 Å². The van der Waals surface area contributed by atoms with Gasteiger partial charge in [-0.05, 0) is 44.2 Å². The lowest BCUT2D eigenvalue weighted by molar-refractivity contribution is -0.138. The highest BCUT2D eigenvalue weighted by atomic mass is 16.2. The molecule has 1 atom stereocenters. The largest absolute Gasteiger partial charge is 0.331 e. The van der Waals surface area contributed by atoms with E-state index in [1.807, 2.05) is 32.0 Å². The van der Waals surface area contributed by atoms with Crippen molar-refractivity contribution in [2.75, 3.05) is 11.9 Å². The van der Waals surface area contributed by atoms with Crippen LogP contribution < -0.4 is 5.32 Å². The number of piperidine rings is 1. The van der Waals surface area contributed by atoms with Crippen molar-refractivity contribution in [1.29, 1.82) is 0 Å². The quantitative estimate of drug-likeness (QED) is 0.901. The number of likely N-dealkylation sites (tertiary alicyclic amines) is 1. The molecule has 1 heterocycles. The van der Waals surface area contributed by atoms with Crippen LogP contribution in [-0.4, -0.2) is 29.3 Å². The van der Waals surface area contributed by atoms with Crippen molar-refractivity contribution >= 4 is 17.5 Å². The van der Waals surface area contributed by atoms with E-state index in [-0.39, 0.29) is 17.9 Å². The summed E-state index contributed by atoms with van der Waals surface area (Å²) in [5.74, 6) is -0.0938. The molecule has 4 nitrogen and oxygen atoms in total. The Morgan fingerprint density at radius 2 is 1.85 bits per heavy atom. The Balaban J connectivity index is 2.16. The van der Waals surface area contributed by atoms with E-state index in [1.165, 1.54) is 6.92 Å². The Morgan fingerprint density at radius 3 is 2.45 bits per heavy atom. The van der Waals surface area contributed by atoms with Gasteiger partial charge in [0, 0.05) is 19.2 Å². The summed E-state index contributed by atoms with van der Waals surface area (Å²) < 4.78 is 0. The van der Waals surface area contributed by atoms with Gasteiger partial charge < -0.3 is 10.2 Å². The molecule has 108 valence electrons. The molecule has 2 amide bonds. The van der Waals surface area contributed by atoms with Crippen LogP contribution in [0, 0.1) is 13.8 Å². The average molecular weight is 274 g/mol. The minimum Gasteiger partial charge on any atom is -0.331 e. The first-order valence-electron chi connectivity index (χ1n) is 7.15. The van der Waals surface area contributed by atoms with Crippen LogP contribution in [0.15, 0.2) is 18.2 Å². The number of anilines is 1. The summed E-state index contributed by atoms with van der Waals surface area (Å²) in [5, 5.41) is 3.00. The van der Waals surface area contributed by atoms with Crippen molar-refractivity contribution in [2.24, 2.45) is 0 Å². The lowest BCUT2D eigenvalue weighted by Crippen LogP contribution is -2.49. The Morgan fingerprint density at radius 1 is 1.20 bits per heavy atom. The molecule has 1 aliphatic rings. The first kappa shape index (κ1) is 14.6. The number of nitrogens with one attached hydrogen (secondary N) is 1. The molecule has 1 aromatic rings. The van der Waals surface area contributed by atoms with Gasteiger partial charge in [-0.1, -0.05) is 18.2 Å². The van der Waals surface area contributed by atoms with Crippen LogP contribution in [-0.2, 0) is 9.59 Å². The number of carbonyl (C=O) groups is 2. The predicted molar refractivity (Wildman–Crippen MR) is 79.6 cm³/mol. The first-order chi connectivity index (χ1) is 9.50. The number of para-hydroxylation sites is 1. The topological polar surface area (TPSA) is 49.4 Å². The normalized spacial score (nSPS) is 18.8. The molecule has 0 aliphatic carbocycles. The fourth-order valence-corrected chi connectivity index (χ4v) is 2.80. The molecule has 0 unspecified atom stereocenters. The zero-order valence-electron chi connectivity index (χ0n) is 12.4. The van der Waals surface area contributed by atoms with Gasteiger partial charge in [-0.25, -0.2) is 0 Å². The van der Waals surface area contributed by atoms with Gasteiger partial charge in [0.15, 0.2) is 0 Å². The van der Waals surface area contributed by atoms with E-state index in [9.17, 15) is 9.59 Å². The van der Waals surface area contributed by atoms with E-state index in [0.29, 0.717) is 6.54 Å². The van der Waals surface area contributed by atoms with Crippen molar-refractivity contribution in [2.45, 2.75) is 46.1 Å². The lowest BCUT2D eigenvalue weighted by Gasteiger charge is -2.34. The maximum Gasteiger partial charge on any atom is 0.247 e. The Labute approximate surface area is 120 Å². The smallest absolute Gasteiger partial charge is 0.247 e. The first-order valence-corrected chi connectivity index (χ1v) is 7.15. The van der Waals surface area contributed by atoms with Gasteiger partial charge in [0.2, 0.25) is 11.8 Å². The SMILES string of the molecule is CC(=O)N1CCCC[C@H]1C(=O)Nc1c(C)cccc1C. The van der Waals surface area contributed by atoms with Gasteiger partial charge in [0.25, 0.3) is 0 Å². The number of hydrogen-bond acceptors (Lipinski definition) is 2. The third-order valence-electron chi connectivity index (χ3n) is 3.94. The summed E-state index contributed by atoms with van der Waals surface area (Å²) in [4.78, 5) is 25.8. The number of rotatable bonds is 2. The van der Waals surface area contributed by atoms with Crippen LogP contribution in [0.25, 0.3) is 0 Å². The number of aryl methyl sites for hydroxylation is 2. The summed E-state index contributed by atoms with van der Waals surface area (Å²) in [6.07, 6.45) is 2.72. The standard InChI is InChI=1S/C16H22N2O2/c1-11-7-6-8-12(2)15(11)17-16(20)14-9-4-5-10-18(14)13(3)19/h6-8,14H,4-5,9-10H2,1-3H3,(H,17,20)/t14-/m0/s1. The monoisotopic (exact) mass is 274 g/mol. The third kappa shape index (κ3) is 3.00. The number of amides is 2. The summed E-state index contributed by atoms with van der Waals surface area (Å²) in [6.45, 7) is 6.17. The number of nitrogens with zero attached hydrogens (tertiary/aromatic N) is 1. The summed E-state index contributed by atoms with van der Waals surface area (Å²) in [6, 6.07) is 5.60. The minimum atomic E-state index is -0.333. The van der Waals surface area contributed by atoms with E-state index in [0.717, 1.165) is 36.1 Å². The molecular formula is C16H22N2O2. The van der Waals surface area contributed by atoms with E-state index in [2.05, 4.69) is 5.32 Å². The van der Waals surface area contributed by atoms with Crippen LogP contribution in [0.5, 0.6) is 0 Å². The van der Waals surface area contributed by atoms with Crippen LogP contribution in [0.1, 0.15) is 37.3 Å². The lowest BCUT2D eigenvalue weighted by atomic mass is 10.0. The van der Waals surface area contributed by atoms with Crippen molar-refractivity contribution in [3.8, 4) is 0 Å². The fraction of sp³-hybridized carbons (Fsp3) is 0.500. The fourth-order valence-electron chi connectivity index (χ4n) is 2.80. The molecule has 20 heavy (non-hydrogen) atoms. The Kier molecular flexibility index (Phi) is 4.42. The summed E-state index contributed by atoms with van der Waals surface area (Å²) in [5.41, 5.74) is 2.96. The average Bonchev–Trinajstić information content (AvgIpc) is 2.43. The van der Waals surface area contributed by atoms with Crippen LogP contribution in [0.3, 0.4) is 0 Å². The van der Waals surface area contributed by atoms with Crippen molar-refractivity contribution in [3.05, 3.63) is 29.3 Å². The molecule has 0 radical (unpaired) electrons. The molecule has 0 aromatic heterocycles. The van der Waals surface area contributed by atoms with E-state index >= 15 is 0 Å². The summed E-state index contributed by atoms with van der Waals surface area (Å²) >= 11 is 0. The minimum absolute atomic E-state index is 0.0219.